The summed E-state index contributed by atoms with van der Waals surface area (Å²) in [5.41, 5.74) is -2.03. The molecule has 14 atom stereocenters. The number of fused-ring (bicyclic) bond motifs is 8. The van der Waals surface area contributed by atoms with Crippen molar-refractivity contribution in [2.75, 3.05) is 13.1 Å². The fourth-order valence-corrected chi connectivity index (χ4v) is 10.7. The Balaban J connectivity index is 1.37. The first kappa shape index (κ1) is 23.2. The molecule has 0 radical (unpaired) electrons. The number of rotatable bonds is 0. The van der Waals surface area contributed by atoms with Gasteiger partial charge in [0.25, 0.3) is 0 Å². The molecular weight excluding hydrogens is 418 g/mol. The lowest BCUT2D eigenvalue weighted by Crippen LogP contribution is -2.72. The molecule has 188 valence electrons. The minimum Gasteiger partial charge on any atom is -0.393 e. The molecule has 2 aliphatic heterocycles. The van der Waals surface area contributed by atoms with E-state index in [9.17, 15) is 25.5 Å². The zero-order valence-corrected chi connectivity index (χ0v) is 20.6. The molecule has 5 N–H and O–H groups in total. The summed E-state index contributed by atoms with van der Waals surface area (Å²) in [4.78, 5) is 2.46. The number of aliphatic hydroxyl groups excluding tert-OH is 3. The van der Waals surface area contributed by atoms with Crippen molar-refractivity contribution in [3.8, 4) is 0 Å². The van der Waals surface area contributed by atoms with Gasteiger partial charge in [0.05, 0.1) is 29.5 Å². The molecule has 33 heavy (non-hydrogen) atoms. The number of hydrogen-bond acceptors (Lipinski definition) is 6. The third-order valence-corrected chi connectivity index (χ3v) is 12.1. The van der Waals surface area contributed by atoms with Crippen molar-refractivity contribution in [2.24, 2.45) is 46.8 Å². The zero-order chi connectivity index (χ0) is 23.5. The summed E-state index contributed by atoms with van der Waals surface area (Å²) in [6.07, 6.45) is 4.62. The van der Waals surface area contributed by atoms with E-state index in [2.05, 4.69) is 18.7 Å². The maximum absolute atomic E-state index is 12.3. The summed E-state index contributed by atoms with van der Waals surface area (Å²) in [5, 5.41) is 57.1. The van der Waals surface area contributed by atoms with Gasteiger partial charge in [-0.1, -0.05) is 13.8 Å². The minimum absolute atomic E-state index is 0.0208. The van der Waals surface area contributed by atoms with Gasteiger partial charge in [-0.2, -0.15) is 0 Å². The molecular formula is C27H45NO5. The second-order valence-electron chi connectivity index (χ2n) is 13.7. The van der Waals surface area contributed by atoms with Crippen LogP contribution in [0.15, 0.2) is 0 Å². The Labute approximate surface area is 198 Å². The van der Waals surface area contributed by atoms with Crippen LogP contribution in [0.2, 0.25) is 0 Å². The van der Waals surface area contributed by atoms with Crippen LogP contribution in [0.1, 0.15) is 72.1 Å². The fourth-order valence-electron chi connectivity index (χ4n) is 10.7. The van der Waals surface area contributed by atoms with E-state index in [0.29, 0.717) is 31.1 Å². The van der Waals surface area contributed by atoms with Crippen molar-refractivity contribution in [1.29, 1.82) is 0 Å². The van der Waals surface area contributed by atoms with Gasteiger partial charge in [0.1, 0.15) is 0 Å². The molecule has 0 aromatic carbocycles. The molecule has 6 aliphatic rings. The van der Waals surface area contributed by atoms with Crippen LogP contribution in [0.3, 0.4) is 0 Å². The van der Waals surface area contributed by atoms with Crippen LogP contribution in [0.5, 0.6) is 0 Å². The molecule has 6 fully saturated rings. The average molecular weight is 464 g/mol. The van der Waals surface area contributed by atoms with Crippen LogP contribution in [-0.2, 0) is 0 Å². The molecule has 2 saturated heterocycles. The highest BCUT2D eigenvalue weighted by Crippen LogP contribution is 2.68. The molecule has 4 saturated carbocycles. The fraction of sp³-hybridized carbons (Fsp3) is 1.00. The third kappa shape index (κ3) is 3.07. The Kier molecular flexibility index (Phi) is 5.19. The number of hydrogen-bond donors (Lipinski definition) is 5. The Morgan fingerprint density at radius 1 is 0.788 bits per heavy atom. The Hall–Kier alpha value is -0.240. The predicted molar refractivity (Wildman–Crippen MR) is 124 cm³/mol. The van der Waals surface area contributed by atoms with E-state index in [4.69, 9.17) is 0 Å². The molecule has 2 heterocycles. The highest BCUT2D eigenvalue weighted by molar-refractivity contribution is 5.21. The first-order valence-corrected chi connectivity index (χ1v) is 13.7. The standard InChI is InChI=1S/C27H45NO5/c1-14-4-5-23-26(3,32)24-16(13-28(23)12-14)17-9-18-19(27(17,33)11-22(24)31)10-21(30)20-8-15(29)6-7-25(18,20)2/h14-24,29-33H,4-13H2,1-3H3/t14-,15-,16-,17-,18-,19+,20+,21-,22-,23-,24+,25+,26+,27-/m0/s1. The van der Waals surface area contributed by atoms with Crippen molar-refractivity contribution in [3.63, 3.8) is 0 Å². The molecule has 0 bridgehead atoms. The summed E-state index contributed by atoms with van der Waals surface area (Å²) < 4.78 is 0. The SMILES string of the molecule is C[C@H]1CC[C@@H]2N(C1)C[C@@H]1[C@H]([C@@H](O)C[C@@]3(O)[C@@H]4C[C@H](O)[C@H]5C[C@@H](O)CC[C@]5(C)[C@H]4C[C@@H]13)[C@]2(C)O. The van der Waals surface area contributed by atoms with Gasteiger partial charge in [0.15, 0.2) is 0 Å². The summed E-state index contributed by atoms with van der Waals surface area (Å²) in [6, 6.07) is 0.0861. The van der Waals surface area contributed by atoms with Gasteiger partial charge in [-0.3, -0.25) is 4.90 Å². The lowest BCUT2D eigenvalue weighted by atomic mass is 9.50. The smallest absolute Gasteiger partial charge is 0.0830 e. The van der Waals surface area contributed by atoms with Gasteiger partial charge in [0, 0.05) is 31.5 Å². The van der Waals surface area contributed by atoms with Crippen LogP contribution >= 0.6 is 0 Å². The largest absolute Gasteiger partial charge is 0.393 e. The normalized spacial score (nSPS) is 63.1. The van der Waals surface area contributed by atoms with Crippen molar-refractivity contribution in [2.45, 2.75) is 108 Å². The highest BCUT2D eigenvalue weighted by atomic mass is 16.3. The van der Waals surface area contributed by atoms with Crippen LogP contribution < -0.4 is 0 Å². The van der Waals surface area contributed by atoms with E-state index in [1.807, 2.05) is 6.92 Å². The van der Waals surface area contributed by atoms with Gasteiger partial charge < -0.3 is 25.5 Å². The molecule has 0 spiro atoms. The van der Waals surface area contributed by atoms with Gasteiger partial charge in [-0.25, -0.2) is 0 Å². The zero-order valence-electron chi connectivity index (χ0n) is 20.6. The van der Waals surface area contributed by atoms with E-state index >= 15 is 0 Å². The maximum Gasteiger partial charge on any atom is 0.0830 e. The van der Waals surface area contributed by atoms with E-state index in [1.165, 1.54) is 0 Å². The van der Waals surface area contributed by atoms with Gasteiger partial charge in [0.2, 0.25) is 0 Å². The summed E-state index contributed by atoms with van der Waals surface area (Å²) >= 11 is 0. The molecule has 0 aromatic rings. The predicted octanol–water partition coefficient (Wildman–Crippen LogP) is 1.76. The van der Waals surface area contributed by atoms with Gasteiger partial charge >= 0.3 is 0 Å². The van der Waals surface area contributed by atoms with E-state index in [1.54, 1.807) is 0 Å². The van der Waals surface area contributed by atoms with Crippen LogP contribution in [-0.4, -0.2) is 79.1 Å². The Morgan fingerprint density at radius 3 is 2.30 bits per heavy atom. The Morgan fingerprint density at radius 2 is 1.55 bits per heavy atom. The van der Waals surface area contributed by atoms with Gasteiger partial charge in [-0.05, 0) is 92.8 Å². The Bertz CT molecular complexity index is 790. The molecule has 4 aliphatic carbocycles. The molecule has 6 rings (SSSR count). The number of aliphatic hydroxyl groups is 5. The minimum atomic E-state index is -0.986. The lowest BCUT2D eigenvalue weighted by molar-refractivity contribution is -0.242. The van der Waals surface area contributed by atoms with Crippen molar-refractivity contribution in [1.82, 2.24) is 4.90 Å². The summed E-state index contributed by atoms with van der Waals surface area (Å²) in [5.74, 6) is 0.855. The molecule has 6 heteroatoms. The van der Waals surface area contributed by atoms with Crippen molar-refractivity contribution in [3.05, 3.63) is 0 Å². The van der Waals surface area contributed by atoms with Crippen LogP contribution in [0.25, 0.3) is 0 Å². The van der Waals surface area contributed by atoms with Crippen LogP contribution in [0, 0.1) is 46.8 Å². The first-order chi connectivity index (χ1) is 15.5. The second-order valence-corrected chi connectivity index (χ2v) is 13.7. The number of piperidine rings is 2. The summed E-state index contributed by atoms with van der Waals surface area (Å²) in [6.45, 7) is 8.34. The topological polar surface area (TPSA) is 104 Å². The quantitative estimate of drug-likeness (QED) is 0.375. The first-order valence-electron chi connectivity index (χ1n) is 13.7. The molecule has 0 unspecified atom stereocenters. The van der Waals surface area contributed by atoms with Gasteiger partial charge in [-0.15, -0.1) is 0 Å². The second kappa shape index (κ2) is 7.39. The van der Waals surface area contributed by atoms with E-state index < -0.39 is 23.4 Å². The molecule has 0 aromatic heterocycles. The van der Waals surface area contributed by atoms with Crippen LogP contribution in [0.4, 0.5) is 0 Å². The maximum atomic E-state index is 12.3. The van der Waals surface area contributed by atoms with Crippen molar-refractivity contribution < 1.29 is 25.5 Å². The van der Waals surface area contributed by atoms with E-state index in [-0.39, 0.29) is 47.2 Å². The van der Waals surface area contributed by atoms with E-state index in [0.717, 1.165) is 45.2 Å². The molecule has 6 nitrogen and oxygen atoms in total. The highest BCUT2D eigenvalue weighted by Gasteiger charge is 2.71. The van der Waals surface area contributed by atoms with Crippen molar-refractivity contribution >= 4 is 0 Å². The third-order valence-electron chi connectivity index (χ3n) is 12.1. The summed E-state index contributed by atoms with van der Waals surface area (Å²) in [7, 11) is 0. The monoisotopic (exact) mass is 463 g/mol. The average Bonchev–Trinajstić information content (AvgIpc) is 3.01. The molecule has 0 amide bonds. The lowest BCUT2D eigenvalue weighted by Gasteiger charge is -2.62. The number of nitrogens with zero attached hydrogens (tertiary/aromatic N) is 1.